The van der Waals surface area contributed by atoms with Crippen LogP contribution in [0, 0.1) is 0 Å². The fourth-order valence-electron chi connectivity index (χ4n) is 2.05. The Morgan fingerprint density at radius 2 is 2.23 bits per heavy atom. The van der Waals surface area contributed by atoms with E-state index in [1.54, 1.807) is 17.6 Å². The minimum atomic E-state index is -0.478. The number of aromatic nitrogens is 2. The van der Waals surface area contributed by atoms with E-state index in [-0.39, 0.29) is 6.54 Å². The number of esters is 1. The highest BCUT2D eigenvalue weighted by molar-refractivity contribution is 7.14. The molecule has 0 saturated heterocycles. The maximum atomic E-state index is 11.9. The van der Waals surface area contributed by atoms with Crippen molar-refractivity contribution in [3.8, 4) is 11.3 Å². The molecule has 0 unspecified atom stereocenters. The fourth-order valence-corrected chi connectivity index (χ4v) is 2.79. The Bertz CT molecular complexity index is 928. The summed E-state index contributed by atoms with van der Waals surface area (Å²) in [5, 5.41) is 7.20. The maximum absolute atomic E-state index is 11.9. The monoisotopic (exact) mass is 374 g/mol. The van der Waals surface area contributed by atoms with Crippen molar-refractivity contribution in [2.45, 2.75) is 0 Å². The summed E-state index contributed by atoms with van der Waals surface area (Å²) in [6.07, 6.45) is 4.29. The van der Waals surface area contributed by atoms with Gasteiger partial charge in [0, 0.05) is 17.1 Å². The highest BCUT2D eigenvalue weighted by atomic mass is 32.1. The molecule has 3 heterocycles. The van der Waals surface area contributed by atoms with Crippen LogP contribution < -0.4 is 10.6 Å². The number of rotatable bonds is 6. The molecule has 0 spiro atoms. The van der Waals surface area contributed by atoms with Gasteiger partial charge in [-0.25, -0.2) is 9.78 Å². The van der Waals surface area contributed by atoms with Crippen LogP contribution in [0.15, 0.2) is 40.7 Å². The number of carbonyl (C=O) groups excluding carboxylic acids is 3. The predicted molar refractivity (Wildman–Crippen MR) is 92.9 cm³/mol. The molecule has 9 nitrogen and oxygen atoms in total. The summed E-state index contributed by atoms with van der Waals surface area (Å²) >= 11 is 1.23. The second-order valence-corrected chi connectivity index (χ2v) is 5.93. The average Bonchev–Trinajstić information content (AvgIpc) is 3.39. The summed E-state index contributed by atoms with van der Waals surface area (Å²) < 4.78 is 9.44. The van der Waals surface area contributed by atoms with E-state index >= 15 is 0 Å². The van der Waals surface area contributed by atoms with Gasteiger partial charge in [-0.3, -0.25) is 9.59 Å². The van der Waals surface area contributed by atoms with Crippen molar-refractivity contribution < 1.29 is 23.5 Å². The predicted octanol–water partition coefficient (Wildman–Crippen LogP) is 1.89. The lowest BCUT2D eigenvalue weighted by molar-refractivity contribution is -0.115. The Morgan fingerprint density at radius 3 is 2.96 bits per heavy atom. The number of anilines is 1. The summed E-state index contributed by atoms with van der Waals surface area (Å²) in [6.45, 7) is -0.199. The number of nitrogens with zero attached hydrogens (tertiary/aromatic N) is 1. The molecule has 0 aliphatic rings. The van der Waals surface area contributed by atoms with Gasteiger partial charge in [-0.15, -0.1) is 11.3 Å². The van der Waals surface area contributed by atoms with E-state index in [1.807, 2.05) is 0 Å². The molecule has 0 aromatic carbocycles. The molecule has 26 heavy (non-hydrogen) atoms. The van der Waals surface area contributed by atoms with Gasteiger partial charge in [-0.1, -0.05) is 0 Å². The number of methoxy groups -OCH3 is 1. The van der Waals surface area contributed by atoms with Gasteiger partial charge in [-0.05, 0) is 12.1 Å². The van der Waals surface area contributed by atoms with Crippen LogP contribution in [-0.4, -0.2) is 41.4 Å². The first-order valence-corrected chi connectivity index (χ1v) is 8.27. The van der Waals surface area contributed by atoms with Crippen molar-refractivity contribution in [2.24, 2.45) is 0 Å². The van der Waals surface area contributed by atoms with Crippen molar-refractivity contribution >= 4 is 34.3 Å². The van der Waals surface area contributed by atoms with Gasteiger partial charge >= 0.3 is 5.97 Å². The molecule has 0 radical (unpaired) electrons. The molecule has 0 aliphatic heterocycles. The number of ether oxygens (including phenoxy) is 1. The van der Waals surface area contributed by atoms with Crippen LogP contribution >= 0.6 is 11.3 Å². The van der Waals surface area contributed by atoms with Gasteiger partial charge in [0.1, 0.15) is 12.0 Å². The van der Waals surface area contributed by atoms with Crippen molar-refractivity contribution in [3.05, 3.63) is 47.5 Å². The highest BCUT2D eigenvalue weighted by Crippen LogP contribution is 2.25. The van der Waals surface area contributed by atoms with E-state index in [1.165, 1.54) is 37.0 Å². The van der Waals surface area contributed by atoms with Gasteiger partial charge in [0.05, 0.1) is 31.2 Å². The molecule has 3 rings (SSSR count). The Labute approximate surface area is 151 Å². The minimum absolute atomic E-state index is 0.199. The Kier molecular flexibility index (Phi) is 5.13. The van der Waals surface area contributed by atoms with Crippen molar-refractivity contribution in [1.29, 1.82) is 0 Å². The van der Waals surface area contributed by atoms with Crippen LogP contribution in [0.1, 0.15) is 20.8 Å². The van der Waals surface area contributed by atoms with E-state index in [4.69, 9.17) is 4.42 Å². The molecule has 0 fully saturated rings. The summed E-state index contributed by atoms with van der Waals surface area (Å²) in [4.78, 5) is 42.2. The number of furan rings is 1. The number of amides is 2. The molecular weight excluding hydrogens is 360 g/mol. The van der Waals surface area contributed by atoms with Crippen LogP contribution in [0.4, 0.5) is 5.13 Å². The number of H-pyrrole nitrogens is 1. The SMILES string of the molecule is COC(=O)c1cc(-c2csc(NC(=O)CNC(=O)c3ccoc3)n2)c[nH]1. The van der Waals surface area contributed by atoms with E-state index in [2.05, 4.69) is 25.3 Å². The van der Waals surface area contributed by atoms with Gasteiger partial charge in [0.15, 0.2) is 5.13 Å². The van der Waals surface area contributed by atoms with Crippen molar-refractivity contribution in [1.82, 2.24) is 15.3 Å². The van der Waals surface area contributed by atoms with Gasteiger partial charge in [-0.2, -0.15) is 0 Å². The minimum Gasteiger partial charge on any atom is -0.472 e. The zero-order chi connectivity index (χ0) is 18.5. The van der Waals surface area contributed by atoms with Gasteiger partial charge in [0.25, 0.3) is 5.91 Å². The van der Waals surface area contributed by atoms with E-state index in [0.29, 0.717) is 27.6 Å². The van der Waals surface area contributed by atoms with Crippen LogP contribution in [-0.2, 0) is 9.53 Å². The summed E-state index contributed by atoms with van der Waals surface area (Å²) in [7, 11) is 1.30. The lowest BCUT2D eigenvalue weighted by Crippen LogP contribution is -2.32. The molecule has 10 heteroatoms. The van der Waals surface area contributed by atoms with Crippen LogP contribution in [0.2, 0.25) is 0 Å². The molecule has 0 atom stereocenters. The third-order valence-corrected chi connectivity index (χ3v) is 4.09. The Morgan fingerprint density at radius 1 is 1.38 bits per heavy atom. The maximum Gasteiger partial charge on any atom is 0.354 e. The average molecular weight is 374 g/mol. The molecule has 3 aromatic heterocycles. The number of hydrogen-bond donors (Lipinski definition) is 3. The third-order valence-electron chi connectivity index (χ3n) is 3.33. The first-order valence-electron chi connectivity index (χ1n) is 7.39. The highest BCUT2D eigenvalue weighted by Gasteiger charge is 2.13. The number of hydrogen-bond acceptors (Lipinski definition) is 7. The van der Waals surface area contributed by atoms with Crippen LogP contribution in [0.25, 0.3) is 11.3 Å². The second-order valence-electron chi connectivity index (χ2n) is 5.07. The largest absolute Gasteiger partial charge is 0.472 e. The second kappa shape index (κ2) is 7.66. The lowest BCUT2D eigenvalue weighted by atomic mass is 10.2. The lowest BCUT2D eigenvalue weighted by Gasteiger charge is -2.03. The normalized spacial score (nSPS) is 10.3. The molecule has 2 amide bonds. The quantitative estimate of drug-likeness (QED) is 0.566. The summed E-state index contributed by atoms with van der Waals surface area (Å²) in [5.41, 5.74) is 1.93. The van der Waals surface area contributed by atoms with E-state index < -0.39 is 17.8 Å². The molecule has 0 saturated carbocycles. The molecular formula is C16H14N4O5S. The zero-order valence-electron chi connectivity index (χ0n) is 13.6. The zero-order valence-corrected chi connectivity index (χ0v) is 14.4. The van der Waals surface area contributed by atoms with Gasteiger partial charge in [0.2, 0.25) is 5.91 Å². The first-order chi connectivity index (χ1) is 12.6. The molecule has 0 bridgehead atoms. The van der Waals surface area contributed by atoms with Gasteiger partial charge < -0.3 is 24.8 Å². The molecule has 134 valence electrons. The molecule has 3 N–H and O–H groups in total. The number of aromatic amines is 1. The topological polar surface area (TPSA) is 126 Å². The fraction of sp³-hybridized carbons (Fsp3) is 0.125. The standard InChI is InChI=1S/C16H14N4O5S/c1-24-15(23)11-4-10(5-17-11)12-8-26-16(19-12)20-13(21)6-18-14(22)9-2-3-25-7-9/h2-5,7-8,17H,6H2,1H3,(H,18,22)(H,19,20,21). The number of nitrogens with one attached hydrogen (secondary N) is 3. The summed E-state index contributed by atoms with van der Waals surface area (Å²) in [5.74, 6) is -1.29. The van der Waals surface area contributed by atoms with E-state index in [9.17, 15) is 14.4 Å². The van der Waals surface area contributed by atoms with Crippen LogP contribution in [0.3, 0.4) is 0 Å². The van der Waals surface area contributed by atoms with Crippen molar-refractivity contribution in [3.63, 3.8) is 0 Å². The molecule has 3 aromatic rings. The van der Waals surface area contributed by atoms with Crippen LogP contribution in [0.5, 0.6) is 0 Å². The third kappa shape index (κ3) is 3.98. The Balaban J connectivity index is 1.56. The number of carbonyl (C=O) groups is 3. The first kappa shape index (κ1) is 17.4. The Hall–Kier alpha value is -3.40. The summed E-state index contributed by atoms with van der Waals surface area (Å²) in [6, 6.07) is 3.11. The molecule has 0 aliphatic carbocycles. The van der Waals surface area contributed by atoms with E-state index in [0.717, 1.165) is 0 Å². The van der Waals surface area contributed by atoms with Crippen molar-refractivity contribution in [2.75, 3.05) is 19.0 Å². The smallest absolute Gasteiger partial charge is 0.354 e. The number of thiazole rings is 1.